The van der Waals surface area contributed by atoms with Crippen LogP contribution in [0.1, 0.15) is 27.0 Å². The van der Waals surface area contributed by atoms with E-state index >= 15 is 0 Å². The molecule has 0 saturated carbocycles. The van der Waals surface area contributed by atoms with Crippen molar-refractivity contribution in [2.45, 2.75) is 13.8 Å². The van der Waals surface area contributed by atoms with Gasteiger partial charge >= 0.3 is 0 Å². The van der Waals surface area contributed by atoms with Crippen LogP contribution in [0.25, 0.3) is 6.08 Å². The number of nitrogens with one attached hydrogen (secondary N) is 2. The van der Waals surface area contributed by atoms with Crippen molar-refractivity contribution in [3.8, 4) is 0 Å². The van der Waals surface area contributed by atoms with Crippen LogP contribution in [0.5, 0.6) is 0 Å². The molecule has 0 unspecified atom stereocenters. The van der Waals surface area contributed by atoms with Gasteiger partial charge in [-0.05, 0) is 37.6 Å². The number of aryl methyl sites for hydroxylation is 2. The van der Waals surface area contributed by atoms with Crippen LogP contribution in [0, 0.1) is 13.8 Å². The van der Waals surface area contributed by atoms with Gasteiger partial charge in [0.15, 0.2) is 0 Å². The van der Waals surface area contributed by atoms with E-state index in [-0.39, 0.29) is 17.5 Å². The van der Waals surface area contributed by atoms with E-state index in [4.69, 9.17) is 4.74 Å². The van der Waals surface area contributed by atoms with Crippen molar-refractivity contribution >= 4 is 17.9 Å². The summed E-state index contributed by atoms with van der Waals surface area (Å²) >= 11 is 0. The number of rotatable bonds is 7. The van der Waals surface area contributed by atoms with E-state index in [1.807, 2.05) is 50.2 Å². The highest BCUT2D eigenvalue weighted by Gasteiger charge is 2.16. The van der Waals surface area contributed by atoms with E-state index in [9.17, 15) is 9.59 Å². The third kappa shape index (κ3) is 6.54. The standard InChI is InChI=1S/C24H29N3O3/c1-18-3-7-20(8-4-18)17-22(26-23(28)21-9-5-19(2)6-10-21)24(29)25-11-12-27-13-15-30-16-14-27/h3-10,17H,11-16H2,1-2H3,(H,25,29)(H,26,28). The van der Waals surface area contributed by atoms with Gasteiger partial charge in [0.25, 0.3) is 11.8 Å². The van der Waals surface area contributed by atoms with Gasteiger partial charge in [-0.25, -0.2) is 0 Å². The first-order valence-corrected chi connectivity index (χ1v) is 10.3. The van der Waals surface area contributed by atoms with E-state index in [0.717, 1.165) is 49.5 Å². The van der Waals surface area contributed by atoms with Crippen molar-refractivity contribution in [2.75, 3.05) is 39.4 Å². The minimum Gasteiger partial charge on any atom is -0.379 e. The van der Waals surface area contributed by atoms with Crippen molar-refractivity contribution in [3.63, 3.8) is 0 Å². The van der Waals surface area contributed by atoms with E-state index in [1.165, 1.54) is 0 Å². The van der Waals surface area contributed by atoms with Gasteiger partial charge in [-0.2, -0.15) is 0 Å². The highest BCUT2D eigenvalue weighted by Crippen LogP contribution is 2.10. The first-order valence-electron chi connectivity index (χ1n) is 10.3. The second kappa shape index (κ2) is 10.7. The Morgan fingerprint density at radius 1 is 0.967 bits per heavy atom. The maximum absolute atomic E-state index is 12.8. The molecule has 1 saturated heterocycles. The molecule has 6 nitrogen and oxygen atoms in total. The summed E-state index contributed by atoms with van der Waals surface area (Å²) in [7, 11) is 0. The Labute approximate surface area is 177 Å². The molecule has 1 heterocycles. The lowest BCUT2D eigenvalue weighted by molar-refractivity contribution is -0.117. The van der Waals surface area contributed by atoms with Crippen LogP contribution in [0.4, 0.5) is 0 Å². The Morgan fingerprint density at radius 3 is 2.20 bits per heavy atom. The van der Waals surface area contributed by atoms with Crippen LogP contribution in [0.15, 0.2) is 54.2 Å². The molecular formula is C24H29N3O3. The normalized spacial score (nSPS) is 14.9. The van der Waals surface area contributed by atoms with Gasteiger partial charge in [-0.3, -0.25) is 14.5 Å². The summed E-state index contributed by atoms with van der Waals surface area (Å²) in [5.74, 6) is -0.610. The van der Waals surface area contributed by atoms with Crippen LogP contribution in [-0.4, -0.2) is 56.1 Å². The zero-order valence-corrected chi connectivity index (χ0v) is 17.6. The topological polar surface area (TPSA) is 70.7 Å². The number of amides is 2. The molecule has 1 aliphatic rings. The lowest BCUT2D eigenvalue weighted by Crippen LogP contribution is -2.42. The minimum atomic E-state index is -0.309. The number of carbonyl (C=O) groups excluding carboxylic acids is 2. The number of ether oxygens (including phenoxy) is 1. The van der Waals surface area contributed by atoms with Crippen molar-refractivity contribution < 1.29 is 14.3 Å². The van der Waals surface area contributed by atoms with Gasteiger partial charge in [0.1, 0.15) is 5.70 Å². The molecule has 0 atom stereocenters. The van der Waals surface area contributed by atoms with Gasteiger partial charge in [0.05, 0.1) is 13.2 Å². The van der Waals surface area contributed by atoms with E-state index in [1.54, 1.807) is 18.2 Å². The Kier molecular flexibility index (Phi) is 7.76. The predicted octanol–water partition coefficient (Wildman–Crippen LogP) is 2.52. The highest BCUT2D eigenvalue weighted by molar-refractivity contribution is 6.05. The Hall–Kier alpha value is -2.96. The Bertz CT molecular complexity index is 883. The van der Waals surface area contributed by atoms with Crippen LogP contribution in [-0.2, 0) is 9.53 Å². The van der Waals surface area contributed by atoms with Gasteiger partial charge in [0, 0.05) is 31.7 Å². The molecule has 30 heavy (non-hydrogen) atoms. The summed E-state index contributed by atoms with van der Waals surface area (Å²) < 4.78 is 5.35. The average molecular weight is 408 g/mol. The number of nitrogens with zero attached hydrogens (tertiary/aromatic N) is 1. The molecule has 0 bridgehead atoms. The molecule has 2 aromatic rings. The summed E-state index contributed by atoms with van der Waals surface area (Å²) in [5.41, 5.74) is 3.79. The fourth-order valence-electron chi connectivity index (χ4n) is 3.13. The molecule has 0 spiro atoms. The molecule has 3 rings (SSSR count). The molecule has 1 fully saturated rings. The van der Waals surface area contributed by atoms with Gasteiger partial charge < -0.3 is 15.4 Å². The highest BCUT2D eigenvalue weighted by atomic mass is 16.5. The largest absolute Gasteiger partial charge is 0.379 e. The lowest BCUT2D eigenvalue weighted by atomic mass is 10.1. The number of benzene rings is 2. The smallest absolute Gasteiger partial charge is 0.267 e. The number of morpholine rings is 1. The predicted molar refractivity (Wildman–Crippen MR) is 118 cm³/mol. The van der Waals surface area contributed by atoms with Gasteiger partial charge in [-0.15, -0.1) is 0 Å². The third-order valence-electron chi connectivity index (χ3n) is 5.01. The summed E-state index contributed by atoms with van der Waals surface area (Å²) in [4.78, 5) is 27.8. The second-order valence-electron chi connectivity index (χ2n) is 7.50. The van der Waals surface area contributed by atoms with Crippen LogP contribution in [0.3, 0.4) is 0 Å². The first kappa shape index (κ1) is 21.7. The maximum atomic E-state index is 12.8. The summed E-state index contributed by atoms with van der Waals surface area (Å²) in [6, 6.07) is 15.1. The SMILES string of the molecule is Cc1ccc(C=C(NC(=O)c2ccc(C)cc2)C(=O)NCCN2CCOCC2)cc1. The fraction of sp³-hybridized carbons (Fsp3) is 0.333. The Balaban J connectivity index is 1.69. The minimum absolute atomic E-state index is 0.228. The van der Waals surface area contributed by atoms with E-state index in [0.29, 0.717) is 12.1 Å². The fourth-order valence-corrected chi connectivity index (χ4v) is 3.13. The van der Waals surface area contributed by atoms with Crippen LogP contribution < -0.4 is 10.6 Å². The quantitative estimate of drug-likeness (QED) is 0.692. The molecule has 2 aromatic carbocycles. The zero-order chi connectivity index (χ0) is 21.3. The average Bonchev–Trinajstić information content (AvgIpc) is 2.76. The summed E-state index contributed by atoms with van der Waals surface area (Å²) in [6.07, 6.45) is 1.70. The molecule has 2 N–H and O–H groups in total. The molecule has 6 heteroatoms. The monoisotopic (exact) mass is 407 g/mol. The lowest BCUT2D eigenvalue weighted by Gasteiger charge is -2.26. The zero-order valence-electron chi connectivity index (χ0n) is 17.6. The second-order valence-corrected chi connectivity index (χ2v) is 7.50. The first-order chi connectivity index (χ1) is 14.5. The number of carbonyl (C=O) groups is 2. The molecular weight excluding hydrogens is 378 g/mol. The van der Waals surface area contributed by atoms with Crippen molar-refractivity contribution in [1.82, 2.24) is 15.5 Å². The summed E-state index contributed by atoms with van der Waals surface area (Å²) in [5, 5.41) is 5.70. The van der Waals surface area contributed by atoms with Gasteiger partial charge in [-0.1, -0.05) is 47.5 Å². The van der Waals surface area contributed by atoms with Crippen LogP contribution in [0.2, 0.25) is 0 Å². The third-order valence-corrected chi connectivity index (χ3v) is 5.01. The number of hydrogen-bond donors (Lipinski definition) is 2. The molecule has 0 aliphatic carbocycles. The molecule has 1 aliphatic heterocycles. The maximum Gasteiger partial charge on any atom is 0.267 e. The molecule has 2 amide bonds. The van der Waals surface area contributed by atoms with Crippen molar-refractivity contribution in [1.29, 1.82) is 0 Å². The summed E-state index contributed by atoms with van der Waals surface area (Å²) in [6.45, 7) is 8.40. The van der Waals surface area contributed by atoms with Crippen LogP contribution >= 0.6 is 0 Å². The number of hydrogen-bond acceptors (Lipinski definition) is 4. The van der Waals surface area contributed by atoms with Gasteiger partial charge in [0.2, 0.25) is 0 Å². The van der Waals surface area contributed by atoms with Crippen molar-refractivity contribution in [3.05, 3.63) is 76.5 Å². The molecule has 158 valence electrons. The molecule has 0 radical (unpaired) electrons. The van der Waals surface area contributed by atoms with Crippen molar-refractivity contribution in [2.24, 2.45) is 0 Å². The Morgan fingerprint density at radius 2 is 1.57 bits per heavy atom. The molecule has 0 aromatic heterocycles. The van der Waals surface area contributed by atoms with E-state index < -0.39 is 0 Å². The van der Waals surface area contributed by atoms with E-state index in [2.05, 4.69) is 15.5 Å².